The largest absolute Gasteiger partial charge is 0.375 e. The van der Waals surface area contributed by atoms with Crippen LogP contribution in [0.3, 0.4) is 0 Å². The molecule has 0 amide bonds. The first kappa shape index (κ1) is 14.2. The van der Waals surface area contributed by atoms with Gasteiger partial charge >= 0.3 is 0 Å². The summed E-state index contributed by atoms with van der Waals surface area (Å²) in [6, 6.07) is 20.3. The zero-order chi connectivity index (χ0) is 16.3. The molecule has 0 radical (unpaired) electrons. The summed E-state index contributed by atoms with van der Waals surface area (Å²) in [5.74, 6) is 0. The van der Waals surface area contributed by atoms with Crippen LogP contribution in [0.1, 0.15) is 35.9 Å². The third-order valence-corrected chi connectivity index (χ3v) is 6.37. The van der Waals surface area contributed by atoms with Gasteiger partial charge in [-0.2, -0.15) is 0 Å². The molecule has 24 heavy (non-hydrogen) atoms. The molecular weight excluding hydrogens is 310 g/mol. The molecule has 1 N–H and O–H groups in total. The second kappa shape index (κ2) is 4.90. The molecule has 5 rings (SSSR count). The Morgan fingerprint density at radius 2 is 1.79 bits per heavy atom. The minimum Gasteiger partial charge on any atom is -0.375 e. The van der Waals surface area contributed by atoms with E-state index >= 15 is 0 Å². The quantitative estimate of drug-likeness (QED) is 0.592. The average Bonchev–Trinajstić information content (AvgIpc) is 3.21. The molecule has 1 nitrogen and oxygen atoms in total. The molecule has 1 aliphatic heterocycles. The molecule has 0 spiro atoms. The van der Waals surface area contributed by atoms with Gasteiger partial charge in [-0.05, 0) is 44.0 Å². The van der Waals surface area contributed by atoms with Gasteiger partial charge in [0.15, 0.2) is 0 Å². The van der Waals surface area contributed by atoms with Crippen LogP contribution in [-0.4, -0.2) is 0 Å². The van der Waals surface area contributed by atoms with Gasteiger partial charge in [-0.15, -0.1) is 11.8 Å². The van der Waals surface area contributed by atoms with Crippen molar-refractivity contribution in [2.75, 3.05) is 0 Å². The molecule has 3 aromatic rings. The lowest BCUT2D eigenvalue weighted by molar-refractivity contribution is 0.664. The number of hydrogen-bond donors (Lipinski definition) is 1. The van der Waals surface area contributed by atoms with E-state index in [1.807, 2.05) is 18.0 Å². The molecule has 0 bridgehead atoms. The van der Waals surface area contributed by atoms with Gasteiger partial charge in [-0.3, -0.25) is 0 Å². The fourth-order valence-corrected chi connectivity index (χ4v) is 5.01. The minimum atomic E-state index is 0.0260. The van der Waals surface area contributed by atoms with Crippen LogP contribution < -0.4 is 5.32 Å². The lowest BCUT2D eigenvalue weighted by Crippen LogP contribution is -2.16. The summed E-state index contributed by atoms with van der Waals surface area (Å²) in [6.07, 6.45) is 2.04. The van der Waals surface area contributed by atoms with Crippen LogP contribution in [0.25, 0.3) is 21.9 Å². The maximum Gasteiger partial charge on any atom is 0.102 e. The average molecular weight is 329 g/mol. The summed E-state index contributed by atoms with van der Waals surface area (Å²) < 4.78 is 0. The van der Waals surface area contributed by atoms with Crippen molar-refractivity contribution in [2.45, 2.75) is 24.6 Å². The Morgan fingerprint density at radius 3 is 2.62 bits per heavy atom. The summed E-state index contributed by atoms with van der Waals surface area (Å²) in [7, 11) is 0. The normalized spacial score (nSPS) is 20.0. The highest BCUT2D eigenvalue weighted by Crippen LogP contribution is 2.52. The highest BCUT2D eigenvalue weighted by Gasteiger charge is 2.37. The Hall–Kier alpha value is -2.19. The zero-order valence-electron chi connectivity index (χ0n) is 13.8. The minimum absolute atomic E-state index is 0.0260. The van der Waals surface area contributed by atoms with Gasteiger partial charge in [0.1, 0.15) is 5.37 Å². The Morgan fingerprint density at radius 1 is 0.958 bits per heavy atom. The Kier molecular flexibility index (Phi) is 2.90. The van der Waals surface area contributed by atoms with Crippen molar-refractivity contribution in [3.8, 4) is 11.1 Å². The summed E-state index contributed by atoms with van der Waals surface area (Å²) in [6.45, 7) is 4.72. The Labute approximate surface area is 146 Å². The first-order valence-electron chi connectivity index (χ1n) is 8.40. The molecule has 1 heterocycles. The van der Waals surface area contributed by atoms with Crippen molar-refractivity contribution in [3.05, 3.63) is 82.9 Å². The summed E-state index contributed by atoms with van der Waals surface area (Å²) >= 11 is 1.84. The highest BCUT2D eigenvalue weighted by atomic mass is 32.2. The Balaban J connectivity index is 1.75. The fourth-order valence-electron chi connectivity index (χ4n) is 4.24. The fraction of sp³-hybridized carbons (Fsp3) is 0.182. The predicted octanol–water partition coefficient (Wildman–Crippen LogP) is 5.95. The molecule has 0 saturated carbocycles. The van der Waals surface area contributed by atoms with Gasteiger partial charge in [-0.1, -0.05) is 68.4 Å². The van der Waals surface area contributed by atoms with Crippen LogP contribution in [0.5, 0.6) is 0 Å². The predicted molar refractivity (Wildman–Crippen MR) is 104 cm³/mol. The number of thioether (sulfide) groups is 1. The van der Waals surface area contributed by atoms with Crippen molar-refractivity contribution < 1.29 is 0 Å². The van der Waals surface area contributed by atoms with Crippen molar-refractivity contribution in [1.82, 2.24) is 5.32 Å². The van der Waals surface area contributed by atoms with Gasteiger partial charge in [0.2, 0.25) is 0 Å². The number of hydrogen-bond acceptors (Lipinski definition) is 2. The first-order valence-corrected chi connectivity index (χ1v) is 9.34. The lowest BCUT2D eigenvalue weighted by atomic mass is 9.80. The van der Waals surface area contributed by atoms with Gasteiger partial charge in [0, 0.05) is 11.6 Å². The van der Waals surface area contributed by atoms with Crippen molar-refractivity contribution in [2.24, 2.45) is 0 Å². The summed E-state index contributed by atoms with van der Waals surface area (Å²) in [4.78, 5) is 0. The molecule has 2 aliphatic rings. The smallest absolute Gasteiger partial charge is 0.102 e. The number of fused-ring (bicyclic) bond motifs is 5. The molecule has 1 aliphatic carbocycles. The van der Waals surface area contributed by atoms with E-state index in [0.29, 0.717) is 5.37 Å². The van der Waals surface area contributed by atoms with E-state index in [0.717, 1.165) is 0 Å². The van der Waals surface area contributed by atoms with E-state index in [-0.39, 0.29) is 5.41 Å². The van der Waals surface area contributed by atoms with E-state index in [1.54, 1.807) is 0 Å². The zero-order valence-corrected chi connectivity index (χ0v) is 14.7. The van der Waals surface area contributed by atoms with Gasteiger partial charge in [-0.25, -0.2) is 0 Å². The number of nitrogens with one attached hydrogen (secondary N) is 1. The van der Waals surface area contributed by atoms with Gasteiger partial charge in [0.05, 0.1) is 0 Å². The van der Waals surface area contributed by atoms with Crippen molar-refractivity contribution >= 4 is 22.5 Å². The molecule has 2 heteroatoms. The summed E-state index contributed by atoms with van der Waals surface area (Å²) in [5, 5.41) is 8.60. The molecule has 118 valence electrons. The van der Waals surface area contributed by atoms with Crippen LogP contribution in [0, 0.1) is 0 Å². The third kappa shape index (κ3) is 1.83. The van der Waals surface area contributed by atoms with E-state index in [1.165, 1.54) is 38.6 Å². The van der Waals surface area contributed by atoms with Crippen LogP contribution >= 0.6 is 11.8 Å². The Bertz CT molecular complexity index is 992. The molecule has 1 atom stereocenters. The second-order valence-corrected chi connectivity index (χ2v) is 8.14. The van der Waals surface area contributed by atoms with E-state index in [2.05, 4.69) is 79.2 Å². The van der Waals surface area contributed by atoms with Gasteiger partial charge < -0.3 is 5.32 Å². The van der Waals surface area contributed by atoms with Crippen molar-refractivity contribution in [1.29, 1.82) is 0 Å². The van der Waals surface area contributed by atoms with Crippen LogP contribution in [0.4, 0.5) is 0 Å². The molecule has 0 fully saturated rings. The topological polar surface area (TPSA) is 12.0 Å². The van der Waals surface area contributed by atoms with Crippen LogP contribution in [0.2, 0.25) is 0 Å². The van der Waals surface area contributed by atoms with E-state index < -0.39 is 0 Å². The summed E-state index contributed by atoms with van der Waals surface area (Å²) in [5.41, 5.74) is 7.08. The maximum atomic E-state index is 3.42. The molecule has 3 aromatic carbocycles. The molecule has 0 saturated heterocycles. The molecule has 0 aromatic heterocycles. The highest BCUT2D eigenvalue weighted by molar-refractivity contribution is 8.02. The standard InChI is InChI=1S/C22H19NS/c1-22(2)19-13-15(21-23-11-12-24-21)8-9-17(19)18-10-7-14-5-3-4-6-16(14)20(18)22/h3-13,21,23H,1-2H3. The third-order valence-electron chi connectivity index (χ3n) is 5.39. The van der Waals surface area contributed by atoms with Crippen LogP contribution in [-0.2, 0) is 5.41 Å². The van der Waals surface area contributed by atoms with Crippen molar-refractivity contribution in [3.63, 3.8) is 0 Å². The monoisotopic (exact) mass is 329 g/mol. The van der Waals surface area contributed by atoms with Crippen LogP contribution in [0.15, 0.2) is 66.2 Å². The lowest BCUT2D eigenvalue weighted by Gasteiger charge is -2.24. The maximum absolute atomic E-state index is 3.42. The first-order chi connectivity index (χ1) is 11.7. The number of rotatable bonds is 1. The molecular formula is C22H19NS. The molecule has 1 unspecified atom stereocenters. The van der Waals surface area contributed by atoms with E-state index in [4.69, 9.17) is 0 Å². The van der Waals surface area contributed by atoms with E-state index in [9.17, 15) is 0 Å². The SMILES string of the molecule is CC1(C)c2cc(C3NC=CS3)ccc2-c2ccc3ccccc3c21. The second-order valence-electron chi connectivity index (χ2n) is 7.12. The number of benzene rings is 3. The van der Waals surface area contributed by atoms with Gasteiger partial charge in [0.25, 0.3) is 0 Å².